The third-order valence-corrected chi connectivity index (χ3v) is 4.47. The highest BCUT2D eigenvalue weighted by Crippen LogP contribution is 2.14. The predicted molar refractivity (Wildman–Crippen MR) is 104 cm³/mol. The van der Waals surface area contributed by atoms with Crippen LogP contribution in [0.2, 0.25) is 0 Å². The summed E-state index contributed by atoms with van der Waals surface area (Å²) >= 11 is 0. The lowest BCUT2D eigenvalue weighted by molar-refractivity contribution is 0.0417. The van der Waals surface area contributed by atoms with Crippen LogP contribution in [0.5, 0.6) is 0 Å². The monoisotopic (exact) mass is 449 g/mol. The SMILES string of the molecule is CCNC(=NCC(O)(CC)CC)NC(C)CCS(C)(=O)=O.I. The van der Waals surface area contributed by atoms with Gasteiger partial charge in [-0.05, 0) is 33.1 Å². The molecule has 0 aliphatic rings. The molecular weight excluding hydrogens is 417 g/mol. The Hall–Kier alpha value is -0.0900. The van der Waals surface area contributed by atoms with Crippen molar-refractivity contribution in [3.8, 4) is 0 Å². The number of aliphatic hydroxyl groups is 1. The molecule has 0 spiro atoms. The minimum atomic E-state index is -2.95. The molecule has 0 saturated carbocycles. The summed E-state index contributed by atoms with van der Waals surface area (Å²) < 4.78 is 22.4. The first-order chi connectivity index (χ1) is 9.65. The summed E-state index contributed by atoms with van der Waals surface area (Å²) in [5.41, 5.74) is -0.779. The van der Waals surface area contributed by atoms with Gasteiger partial charge in [0.25, 0.3) is 0 Å². The summed E-state index contributed by atoms with van der Waals surface area (Å²) in [6.07, 6.45) is 3.06. The predicted octanol–water partition coefficient (Wildman–Crippen LogP) is 1.53. The lowest BCUT2D eigenvalue weighted by Crippen LogP contribution is -2.44. The normalized spacial score (nSPS) is 14.2. The first-order valence-corrected chi connectivity index (χ1v) is 9.66. The van der Waals surface area contributed by atoms with Gasteiger partial charge in [-0.25, -0.2) is 8.42 Å². The third kappa shape index (κ3) is 11.5. The molecule has 0 heterocycles. The number of sulfone groups is 1. The summed E-state index contributed by atoms with van der Waals surface area (Å²) in [5, 5.41) is 16.5. The molecule has 0 aliphatic carbocycles. The average molecular weight is 449 g/mol. The van der Waals surface area contributed by atoms with Gasteiger partial charge in [0.05, 0.1) is 17.9 Å². The highest BCUT2D eigenvalue weighted by molar-refractivity contribution is 14.0. The van der Waals surface area contributed by atoms with E-state index in [0.717, 1.165) is 0 Å². The van der Waals surface area contributed by atoms with Crippen LogP contribution in [0, 0.1) is 0 Å². The molecule has 0 rings (SSSR count). The second-order valence-corrected chi connectivity index (χ2v) is 7.85. The van der Waals surface area contributed by atoms with Crippen LogP contribution in [0.3, 0.4) is 0 Å². The van der Waals surface area contributed by atoms with Crippen molar-refractivity contribution in [3.63, 3.8) is 0 Å². The van der Waals surface area contributed by atoms with Crippen molar-refractivity contribution in [1.82, 2.24) is 10.6 Å². The van der Waals surface area contributed by atoms with Gasteiger partial charge in [0.15, 0.2) is 5.96 Å². The largest absolute Gasteiger partial charge is 0.388 e. The van der Waals surface area contributed by atoms with Gasteiger partial charge in [-0.1, -0.05) is 13.8 Å². The molecule has 0 saturated heterocycles. The zero-order valence-corrected chi connectivity index (χ0v) is 17.5. The molecule has 3 N–H and O–H groups in total. The van der Waals surface area contributed by atoms with Gasteiger partial charge in [-0.3, -0.25) is 4.99 Å². The maximum Gasteiger partial charge on any atom is 0.191 e. The maximum absolute atomic E-state index is 11.2. The van der Waals surface area contributed by atoms with Crippen LogP contribution >= 0.6 is 24.0 Å². The maximum atomic E-state index is 11.2. The van der Waals surface area contributed by atoms with E-state index in [1.54, 1.807) is 0 Å². The first-order valence-electron chi connectivity index (χ1n) is 7.60. The van der Waals surface area contributed by atoms with Crippen LogP contribution in [0.25, 0.3) is 0 Å². The summed E-state index contributed by atoms with van der Waals surface area (Å²) in [6.45, 7) is 8.80. The fourth-order valence-electron chi connectivity index (χ4n) is 1.72. The van der Waals surface area contributed by atoms with Crippen molar-refractivity contribution in [3.05, 3.63) is 0 Å². The number of halogens is 1. The summed E-state index contributed by atoms with van der Waals surface area (Å²) in [4.78, 5) is 4.41. The zero-order chi connectivity index (χ0) is 16.5. The van der Waals surface area contributed by atoms with Crippen molar-refractivity contribution < 1.29 is 13.5 Å². The molecule has 1 unspecified atom stereocenters. The Kier molecular flexibility index (Phi) is 12.6. The Morgan fingerprint density at radius 2 is 1.82 bits per heavy atom. The summed E-state index contributed by atoms with van der Waals surface area (Å²) in [6, 6.07) is -0.00568. The van der Waals surface area contributed by atoms with E-state index < -0.39 is 15.4 Å². The van der Waals surface area contributed by atoms with Crippen LogP contribution in [0.15, 0.2) is 4.99 Å². The van der Waals surface area contributed by atoms with E-state index in [9.17, 15) is 13.5 Å². The summed E-state index contributed by atoms with van der Waals surface area (Å²) in [5.74, 6) is 0.757. The molecule has 6 nitrogen and oxygen atoms in total. The van der Waals surface area contributed by atoms with Crippen LogP contribution < -0.4 is 10.6 Å². The van der Waals surface area contributed by atoms with Crippen molar-refractivity contribution in [2.75, 3.05) is 25.1 Å². The molecule has 0 aromatic carbocycles. The second-order valence-electron chi connectivity index (χ2n) is 5.59. The molecule has 0 aliphatic heterocycles. The van der Waals surface area contributed by atoms with E-state index in [0.29, 0.717) is 38.3 Å². The van der Waals surface area contributed by atoms with Gasteiger partial charge in [0.1, 0.15) is 9.84 Å². The van der Waals surface area contributed by atoms with Crippen LogP contribution in [0.4, 0.5) is 0 Å². The van der Waals surface area contributed by atoms with Crippen molar-refractivity contribution in [2.45, 2.75) is 58.6 Å². The van der Waals surface area contributed by atoms with Gasteiger partial charge in [-0.15, -0.1) is 24.0 Å². The molecule has 8 heteroatoms. The number of guanidine groups is 1. The summed E-state index contributed by atoms with van der Waals surface area (Å²) in [7, 11) is -2.95. The number of nitrogens with zero attached hydrogens (tertiary/aromatic N) is 1. The van der Waals surface area contributed by atoms with Crippen molar-refractivity contribution in [1.29, 1.82) is 0 Å². The highest BCUT2D eigenvalue weighted by atomic mass is 127. The molecule has 0 bridgehead atoms. The van der Waals surface area contributed by atoms with Gasteiger partial charge in [-0.2, -0.15) is 0 Å². The van der Waals surface area contributed by atoms with E-state index in [1.165, 1.54) is 6.26 Å². The average Bonchev–Trinajstić information content (AvgIpc) is 2.42. The standard InChI is InChI=1S/C14H31N3O3S.HI/c1-6-14(18,7-2)11-16-13(15-8-3)17-12(4)9-10-21(5,19)20;/h12,18H,6-11H2,1-5H3,(H2,15,16,17);1H. The molecule has 0 aromatic rings. The van der Waals surface area contributed by atoms with Gasteiger partial charge in [0, 0.05) is 18.8 Å². The highest BCUT2D eigenvalue weighted by Gasteiger charge is 2.21. The van der Waals surface area contributed by atoms with E-state index in [4.69, 9.17) is 0 Å². The molecule has 0 aromatic heterocycles. The van der Waals surface area contributed by atoms with E-state index in [2.05, 4.69) is 15.6 Å². The fraction of sp³-hybridized carbons (Fsp3) is 0.929. The van der Waals surface area contributed by atoms with E-state index in [-0.39, 0.29) is 35.8 Å². The lowest BCUT2D eigenvalue weighted by Gasteiger charge is -2.24. The smallest absolute Gasteiger partial charge is 0.191 e. The third-order valence-electron chi connectivity index (χ3n) is 3.50. The van der Waals surface area contributed by atoms with E-state index >= 15 is 0 Å². The first kappa shape index (κ1) is 24.2. The Morgan fingerprint density at radius 1 is 1.27 bits per heavy atom. The topological polar surface area (TPSA) is 90.8 Å². The second kappa shape index (κ2) is 11.4. The minimum Gasteiger partial charge on any atom is -0.388 e. The van der Waals surface area contributed by atoms with E-state index in [1.807, 2.05) is 27.7 Å². The minimum absolute atomic E-state index is 0. The zero-order valence-electron chi connectivity index (χ0n) is 14.3. The number of nitrogens with one attached hydrogen (secondary N) is 2. The number of aliphatic imine (C=N–C) groups is 1. The molecule has 1 atom stereocenters. The number of rotatable bonds is 9. The molecule has 22 heavy (non-hydrogen) atoms. The van der Waals surface area contributed by atoms with Crippen molar-refractivity contribution in [2.24, 2.45) is 4.99 Å². The Bertz CT molecular complexity index is 423. The Morgan fingerprint density at radius 3 is 2.23 bits per heavy atom. The lowest BCUT2D eigenvalue weighted by atomic mass is 9.98. The quantitative estimate of drug-likeness (QED) is 0.282. The molecule has 0 fully saturated rings. The number of hydrogen-bond acceptors (Lipinski definition) is 4. The Labute approximate surface area is 152 Å². The Balaban J connectivity index is 0. The molecule has 0 radical (unpaired) electrons. The van der Waals surface area contributed by atoms with Crippen LogP contribution in [-0.2, 0) is 9.84 Å². The van der Waals surface area contributed by atoms with Gasteiger partial charge < -0.3 is 15.7 Å². The van der Waals surface area contributed by atoms with Gasteiger partial charge >= 0.3 is 0 Å². The molecule has 0 amide bonds. The molecular formula is C14H32IN3O3S. The van der Waals surface area contributed by atoms with Crippen LogP contribution in [0.1, 0.15) is 47.0 Å². The molecule has 134 valence electrons. The number of hydrogen-bond donors (Lipinski definition) is 3. The van der Waals surface area contributed by atoms with Crippen molar-refractivity contribution >= 4 is 39.8 Å². The van der Waals surface area contributed by atoms with Crippen LogP contribution in [-0.4, -0.2) is 56.2 Å². The van der Waals surface area contributed by atoms with Gasteiger partial charge in [0.2, 0.25) is 0 Å². The fourth-order valence-corrected chi connectivity index (χ4v) is 2.50.